The Kier molecular flexibility index (Phi) is 6.31. The molecule has 7 nitrogen and oxygen atoms in total. The third-order valence-electron chi connectivity index (χ3n) is 5.22. The lowest BCUT2D eigenvalue weighted by Gasteiger charge is -2.19. The largest absolute Gasteiger partial charge is 0.455 e. The topological polar surface area (TPSA) is 84.7 Å². The molecule has 7 heteroatoms. The molecule has 0 saturated carbocycles. The summed E-state index contributed by atoms with van der Waals surface area (Å²) >= 11 is 0. The quantitative estimate of drug-likeness (QED) is 0.583. The van der Waals surface area contributed by atoms with Gasteiger partial charge in [0, 0.05) is 30.0 Å². The normalized spacial score (nSPS) is 13.3. The zero-order chi connectivity index (χ0) is 21.6. The van der Waals surface area contributed by atoms with E-state index in [9.17, 15) is 9.59 Å². The van der Waals surface area contributed by atoms with Crippen LogP contribution >= 0.6 is 0 Å². The molecule has 1 aliphatic rings. The van der Waals surface area contributed by atoms with Crippen LogP contribution in [-0.2, 0) is 20.7 Å². The Morgan fingerprint density at radius 1 is 1.13 bits per heavy atom. The number of ether oxygens (including phenoxy) is 1. The third-order valence-corrected chi connectivity index (χ3v) is 5.22. The molecule has 0 radical (unpaired) electrons. The first-order valence-corrected chi connectivity index (χ1v) is 10.4. The van der Waals surface area contributed by atoms with Crippen molar-refractivity contribution in [3.63, 3.8) is 0 Å². The minimum Gasteiger partial charge on any atom is -0.455 e. The number of anilines is 2. The van der Waals surface area contributed by atoms with Crippen molar-refractivity contribution in [2.75, 3.05) is 29.9 Å². The Labute approximate surface area is 181 Å². The Hall–Kier alpha value is -3.61. The average molecular weight is 419 g/mol. The molecular formula is C24H25N3O4. The van der Waals surface area contributed by atoms with Crippen LogP contribution in [0, 0.1) is 6.92 Å². The standard InChI is InChI=1S/C24H25N3O4/c1-17-13-20(27-11-5-6-12-27)9-10-21(17)26-22(28)16-30-23(29)14-19-15-31-24(25-19)18-7-3-2-4-8-18/h2-4,7-10,13,15H,5-6,11-12,14,16H2,1H3,(H,26,28). The summed E-state index contributed by atoms with van der Waals surface area (Å²) in [6.07, 6.45) is 3.79. The van der Waals surface area contributed by atoms with Gasteiger partial charge in [0.25, 0.3) is 5.91 Å². The van der Waals surface area contributed by atoms with Crippen LogP contribution in [-0.4, -0.2) is 36.6 Å². The van der Waals surface area contributed by atoms with Gasteiger partial charge in [0.15, 0.2) is 6.61 Å². The Bertz CT molecular complexity index is 1060. The monoisotopic (exact) mass is 419 g/mol. The average Bonchev–Trinajstić information content (AvgIpc) is 3.47. The molecule has 1 amide bonds. The van der Waals surface area contributed by atoms with Crippen LogP contribution in [0.2, 0.25) is 0 Å². The number of oxazole rings is 1. The fourth-order valence-corrected chi connectivity index (χ4v) is 3.59. The molecule has 1 aromatic heterocycles. The summed E-state index contributed by atoms with van der Waals surface area (Å²) < 4.78 is 10.5. The number of carbonyl (C=O) groups excluding carboxylic acids is 2. The van der Waals surface area contributed by atoms with E-state index in [0.717, 1.165) is 24.2 Å². The van der Waals surface area contributed by atoms with Crippen LogP contribution in [0.25, 0.3) is 11.5 Å². The SMILES string of the molecule is Cc1cc(N2CCCC2)ccc1NC(=O)COC(=O)Cc1coc(-c2ccccc2)n1. The van der Waals surface area contributed by atoms with E-state index in [-0.39, 0.29) is 18.9 Å². The van der Waals surface area contributed by atoms with E-state index in [0.29, 0.717) is 17.3 Å². The molecule has 31 heavy (non-hydrogen) atoms. The fraction of sp³-hybridized carbons (Fsp3) is 0.292. The summed E-state index contributed by atoms with van der Waals surface area (Å²) in [5.74, 6) is -0.478. The summed E-state index contributed by atoms with van der Waals surface area (Å²) in [7, 11) is 0. The Morgan fingerprint density at radius 2 is 1.90 bits per heavy atom. The van der Waals surface area contributed by atoms with Gasteiger partial charge in [-0.2, -0.15) is 0 Å². The van der Waals surface area contributed by atoms with E-state index < -0.39 is 5.97 Å². The van der Waals surface area contributed by atoms with E-state index in [2.05, 4.69) is 21.3 Å². The molecule has 1 aliphatic heterocycles. The van der Waals surface area contributed by atoms with Crippen molar-refractivity contribution in [2.24, 2.45) is 0 Å². The van der Waals surface area contributed by atoms with Gasteiger partial charge in [0.05, 0.1) is 12.1 Å². The molecule has 3 aromatic rings. The van der Waals surface area contributed by atoms with Gasteiger partial charge in [-0.15, -0.1) is 0 Å². The van der Waals surface area contributed by atoms with E-state index in [1.54, 1.807) is 0 Å². The van der Waals surface area contributed by atoms with Gasteiger partial charge in [0.2, 0.25) is 5.89 Å². The number of nitrogens with zero attached hydrogens (tertiary/aromatic N) is 2. The summed E-state index contributed by atoms with van der Waals surface area (Å²) in [6, 6.07) is 15.4. The zero-order valence-electron chi connectivity index (χ0n) is 17.5. The highest BCUT2D eigenvalue weighted by atomic mass is 16.5. The lowest BCUT2D eigenvalue weighted by Crippen LogP contribution is -2.22. The first-order valence-electron chi connectivity index (χ1n) is 10.4. The second-order valence-corrected chi connectivity index (χ2v) is 7.59. The first kappa shape index (κ1) is 20.7. The molecule has 1 saturated heterocycles. The molecule has 0 bridgehead atoms. The number of aryl methyl sites for hydroxylation is 1. The molecule has 0 aliphatic carbocycles. The lowest BCUT2D eigenvalue weighted by atomic mass is 10.1. The van der Waals surface area contributed by atoms with Gasteiger partial charge < -0.3 is 19.4 Å². The van der Waals surface area contributed by atoms with Crippen molar-refractivity contribution >= 4 is 23.3 Å². The van der Waals surface area contributed by atoms with Crippen molar-refractivity contribution in [2.45, 2.75) is 26.2 Å². The van der Waals surface area contributed by atoms with Crippen molar-refractivity contribution in [1.82, 2.24) is 4.98 Å². The number of hydrogen-bond acceptors (Lipinski definition) is 6. The van der Waals surface area contributed by atoms with Gasteiger partial charge >= 0.3 is 5.97 Å². The maximum absolute atomic E-state index is 12.2. The highest BCUT2D eigenvalue weighted by Crippen LogP contribution is 2.25. The van der Waals surface area contributed by atoms with Crippen molar-refractivity contribution in [1.29, 1.82) is 0 Å². The molecule has 0 spiro atoms. The second-order valence-electron chi connectivity index (χ2n) is 7.59. The van der Waals surface area contributed by atoms with E-state index in [1.165, 1.54) is 24.8 Å². The van der Waals surface area contributed by atoms with Crippen LogP contribution in [0.1, 0.15) is 24.1 Å². The molecule has 0 unspecified atom stereocenters. The Morgan fingerprint density at radius 3 is 2.65 bits per heavy atom. The predicted octanol–water partition coefficient (Wildman–Crippen LogP) is 3.97. The number of benzene rings is 2. The van der Waals surface area contributed by atoms with Crippen molar-refractivity contribution in [3.05, 3.63) is 66.1 Å². The number of esters is 1. The molecule has 1 fully saturated rings. The highest BCUT2D eigenvalue weighted by molar-refractivity contribution is 5.93. The van der Waals surface area contributed by atoms with Crippen molar-refractivity contribution < 1.29 is 18.7 Å². The number of amides is 1. The first-order chi connectivity index (χ1) is 15.1. The Balaban J connectivity index is 1.26. The number of hydrogen-bond donors (Lipinski definition) is 1. The summed E-state index contributed by atoms with van der Waals surface area (Å²) in [6.45, 7) is 3.74. The molecule has 2 aromatic carbocycles. The van der Waals surface area contributed by atoms with Crippen LogP contribution in [0.15, 0.2) is 59.2 Å². The second kappa shape index (κ2) is 9.47. The van der Waals surface area contributed by atoms with Gasteiger partial charge in [-0.1, -0.05) is 18.2 Å². The minimum atomic E-state index is -0.538. The predicted molar refractivity (Wildman–Crippen MR) is 118 cm³/mol. The molecule has 2 heterocycles. The molecule has 160 valence electrons. The third kappa shape index (κ3) is 5.31. The zero-order valence-corrected chi connectivity index (χ0v) is 17.5. The lowest BCUT2D eigenvalue weighted by molar-refractivity contribution is -0.146. The van der Waals surface area contributed by atoms with E-state index in [1.807, 2.05) is 49.4 Å². The van der Waals surface area contributed by atoms with Gasteiger partial charge in [-0.05, 0) is 55.7 Å². The number of rotatable bonds is 7. The number of nitrogens with one attached hydrogen (secondary N) is 1. The fourth-order valence-electron chi connectivity index (χ4n) is 3.59. The van der Waals surface area contributed by atoms with Gasteiger partial charge in [0.1, 0.15) is 6.26 Å². The molecular weight excluding hydrogens is 394 g/mol. The van der Waals surface area contributed by atoms with Gasteiger partial charge in [-0.3, -0.25) is 9.59 Å². The van der Waals surface area contributed by atoms with E-state index in [4.69, 9.17) is 9.15 Å². The number of carbonyl (C=O) groups is 2. The maximum atomic E-state index is 12.2. The van der Waals surface area contributed by atoms with Gasteiger partial charge in [-0.25, -0.2) is 4.98 Å². The van der Waals surface area contributed by atoms with Crippen LogP contribution in [0.4, 0.5) is 11.4 Å². The van der Waals surface area contributed by atoms with Crippen molar-refractivity contribution in [3.8, 4) is 11.5 Å². The summed E-state index contributed by atoms with van der Waals surface area (Å²) in [4.78, 5) is 30.9. The molecule has 1 N–H and O–H groups in total. The minimum absolute atomic E-state index is 0.0623. The highest BCUT2D eigenvalue weighted by Gasteiger charge is 2.15. The molecule has 0 atom stereocenters. The smallest absolute Gasteiger partial charge is 0.312 e. The van der Waals surface area contributed by atoms with Crippen LogP contribution < -0.4 is 10.2 Å². The summed E-state index contributed by atoms with van der Waals surface area (Å²) in [5, 5.41) is 2.80. The maximum Gasteiger partial charge on any atom is 0.312 e. The van der Waals surface area contributed by atoms with Crippen LogP contribution in [0.5, 0.6) is 0 Å². The number of aromatic nitrogens is 1. The molecule has 4 rings (SSSR count). The van der Waals surface area contributed by atoms with E-state index >= 15 is 0 Å². The van der Waals surface area contributed by atoms with Crippen LogP contribution in [0.3, 0.4) is 0 Å². The summed E-state index contributed by atoms with van der Waals surface area (Å²) in [5.41, 5.74) is 4.14.